The summed E-state index contributed by atoms with van der Waals surface area (Å²) < 4.78 is 5.22. The lowest BCUT2D eigenvalue weighted by atomic mass is 10.00. The molecule has 0 aliphatic rings. The Morgan fingerprint density at radius 3 is 2.65 bits per heavy atom. The second-order valence-corrected chi connectivity index (χ2v) is 4.45. The third-order valence-electron chi connectivity index (χ3n) is 2.91. The van der Waals surface area contributed by atoms with Crippen molar-refractivity contribution in [2.24, 2.45) is 5.73 Å². The quantitative estimate of drug-likeness (QED) is 0.876. The molecule has 0 aliphatic heterocycles. The van der Waals surface area contributed by atoms with Crippen molar-refractivity contribution in [3.05, 3.63) is 47.6 Å². The number of aromatic nitrogens is 2. The fraction of sp³-hybridized carbons (Fsp3) is 0.385. The highest BCUT2D eigenvalue weighted by atomic mass is 16.5. The van der Waals surface area contributed by atoms with E-state index >= 15 is 0 Å². The third kappa shape index (κ3) is 2.71. The van der Waals surface area contributed by atoms with Crippen molar-refractivity contribution in [3.8, 4) is 0 Å². The van der Waals surface area contributed by atoms with Gasteiger partial charge in [0.1, 0.15) is 0 Å². The van der Waals surface area contributed by atoms with Crippen LogP contribution in [0.25, 0.3) is 0 Å². The van der Waals surface area contributed by atoms with Gasteiger partial charge in [-0.05, 0) is 18.9 Å². The summed E-state index contributed by atoms with van der Waals surface area (Å²) >= 11 is 0. The van der Waals surface area contributed by atoms with Gasteiger partial charge >= 0.3 is 0 Å². The Morgan fingerprint density at radius 1 is 1.29 bits per heavy atom. The van der Waals surface area contributed by atoms with Crippen molar-refractivity contribution in [2.75, 3.05) is 0 Å². The molecule has 1 atom stereocenters. The van der Waals surface area contributed by atoms with Gasteiger partial charge in [0.05, 0.1) is 12.0 Å². The van der Waals surface area contributed by atoms with E-state index in [1.807, 2.05) is 44.2 Å². The summed E-state index contributed by atoms with van der Waals surface area (Å²) in [5.41, 5.74) is 6.69. The van der Waals surface area contributed by atoms with Crippen molar-refractivity contribution < 1.29 is 4.52 Å². The van der Waals surface area contributed by atoms with Gasteiger partial charge in [-0.15, -0.1) is 0 Å². The molecule has 1 aromatic carbocycles. The van der Waals surface area contributed by atoms with E-state index in [9.17, 15) is 0 Å². The number of hydrogen-bond acceptors (Lipinski definition) is 4. The molecule has 0 radical (unpaired) electrons. The number of rotatable bonds is 4. The molecular weight excluding hydrogens is 214 g/mol. The Balaban J connectivity index is 2.14. The van der Waals surface area contributed by atoms with Crippen LogP contribution in [-0.2, 0) is 12.0 Å². The Kier molecular flexibility index (Phi) is 3.24. The maximum absolute atomic E-state index is 6.06. The van der Waals surface area contributed by atoms with Crippen LogP contribution in [-0.4, -0.2) is 10.1 Å². The topological polar surface area (TPSA) is 64.9 Å². The van der Waals surface area contributed by atoms with E-state index in [2.05, 4.69) is 10.1 Å². The average molecular weight is 231 g/mol. The molecule has 2 N–H and O–H groups in total. The van der Waals surface area contributed by atoms with Gasteiger partial charge in [-0.1, -0.05) is 42.4 Å². The Bertz CT molecular complexity index is 476. The van der Waals surface area contributed by atoms with Crippen LogP contribution in [0.15, 0.2) is 34.9 Å². The first-order valence-corrected chi connectivity index (χ1v) is 5.77. The van der Waals surface area contributed by atoms with Gasteiger partial charge in [-0.25, -0.2) is 0 Å². The Labute approximate surface area is 101 Å². The lowest BCUT2D eigenvalue weighted by Crippen LogP contribution is -2.33. The first kappa shape index (κ1) is 11.8. The van der Waals surface area contributed by atoms with Gasteiger partial charge in [0.15, 0.2) is 5.82 Å². The highest BCUT2D eigenvalue weighted by Gasteiger charge is 2.25. The van der Waals surface area contributed by atoms with E-state index in [1.165, 1.54) is 0 Å². The minimum absolute atomic E-state index is 0.515. The molecule has 1 aromatic heterocycles. The van der Waals surface area contributed by atoms with E-state index in [0.29, 0.717) is 18.1 Å². The van der Waals surface area contributed by atoms with Gasteiger partial charge in [0.25, 0.3) is 0 Å². The first-order chi connectivity index (χ1) is 8.12. The number of nitrogens with two attached hydrogens (primary N) is 1. The van der Waals surface area contributed by atoms with Crippen LogP contribution in [0.5, 0.6) is 0 Å². The van der Waals surface area contributed by atoms with Crippen molar-refractivity contribution >= 4 is 0 Å². The second-order valence-electron chi connectivity index (χ2n) is 4.45. The number of nitrogens with zero attached hydrogens (tertiary/aromatic N) is 2. The normalized spacial score (nSPS) is 14.5. The molecule has 1 unspecified atom stereocenters. The van der Waals surface area contributed by atoms with Gasteiger partial charge in [-0.2, -0.15) is 4.98 Å². The fourth-order valence-electron chi connectivity index (χ4n) is 1.49. The predicted molar refractivity (Wildman–Crippen MR) is 65.4 cm³/mol. The van der Waals surface area contributed by atoms with E-state index in [4.69, 9.17) is 10.3 Å². The van der Waals surface area contributed by atoms with Gasteiger partial charge in [0.2, 0.25) is 5.89 Å². The lowest BCUT2D eigenvalue weighted by molar-refractivity contribution is 0.356. The van der Waals surface area contributed by atoms with E-state index in [-0.39, 0.29) is 0 Å². The summed E-state index contributed by atoms with van der Waals surface area (Å²) in [6.07, 6.45) is 1.42. The average Bonchev–Trinajstić information content (AvgIpc) is 2.80. The number of benzene rings is 1. The largest absolute Gasteiger partial charge is 0.339 e. The van der Waals surface area contributed by atoms with Crippen LogP contribution in [0.1, 0.15) is 37.5 Å². The molecule has 2 rings (SSSR count). The third-order valence-corrected chi connectivity index (χ3v) is 2.91. The molecule has 0 aliphatic carbocycles. The molecule has 0 saturated heterocycles. The van der Waals surface area contributed by atoms with Crippen molar-refractivity contribution in [2.45, 2.75) is 32.2 Å². The molecule has 1 heterocycles. The molecule has 0 fully saturated rings. The Hall–Kier alpha value is -1.68. The summed E-state index contributed by atoms with van der Waals surface area (Å²) in [5.74, 6) is 1.18. The summed E-state index contributed by atoms with van der Waals surface area (Å²) in [6, 6.07) is 10.0. The van der Waals surface area contributed by atoms with Gasteiger partial charge in [0, 0.05) is 0 Å². The second kappa shape index (κ2) is 4.67. The fourth-order valence-corrected chi connectivity index (χ4v) is 1.49. The van der Waals surface area contributed by atoms with Crippen LogP contribution in [0, 0.1) is 0 Å². The van der Waals surface area contributed by atoms with Crippen molar-refractivity contribution in [1.29, 1.82) is 0 Å². The zero-order valence-electron chi connectivity index (χ0n) is 10.2. The molecule has 0 saturated carbocycles. The van der Waals surface area contributed by atoms with Gasteiger partial charge < -0.3 is 10.3 Å². The molecule has 90 valence electrons. The van der Waals surface area contributed by atoms with Crippen LogP contribution in [0.2, 0.25) is 0 Å². The molecule has 0 bridgehead atoms. The van der Waals surface area contributed by atoms with E-state index in [0.717, 1.165) is 12.0 Å². The first-order valence-electron chi connectivity index (χ1n) is 5.77. The molecular formula is C13H17N3O. The standard InChI is InChI=1S/C13H17N3O/c1-3-13(2,14)12-15-11(17-16-12)9-10-7-5-4-6-8-10/h4-8H,3,9,14H2,1-2H3. The van der Waals surface area contributed by atoms with Crippen molar-refractivity contribution in [1.82, 2.24) is 10.1 Å². The van der Waals surface area contributed by atoms with Crippen molar-refractivity contribution in [3.63, 3.8) is 0 Å². The summed E-state index contributed by atoms with van der Waals surface area (Å²) in [6.45, 7) is 3.91. The molecule has 2 aromatic rings. The molecule has 4 nitrogen and oxygen atoms in total. The maximum Gasteiger partial charge on any atom is 0.231 e. The summed E-state index contributed by atoms with van der Waals surface area (Å²) in [5, 5.41) is 3.94. The molecule has 4 heteroatoms. The predicted octanol–water partition coefficient (Wildman–Crippen LogP) is 2.24. The maximum atomic E-state index is 6.06. The minimum atomic E-state index is -0.515. The molecule has 0 spiro atoms. The van der Waals surface area contributed by atoms with Gasteiger partial charge in [-0.3, -0.25) is 0 Å². The van der Waals surface area contributed by atoms with Crippen LogP contribution in [0.3, 0.4) is 0 Å². The minimum Gasteiger partial charge on any atom is -0.339 e. The molecule has 17 heavy (non-hydrogen) atoms. The highest BCUT2D eigenvalue weighted by Crippen LogP contribution is 2.18. The van der Waals surface area contributed by atoms with E-state index in [1.54, 1.807) is 0 Å². The highest BCUT2D eigenvalue weighted by molar-refractivity contribution is 5.18. The SMILES string of the molecule is CCC(C)(N)c1noc(Cc2ccccc2)n1. The lowest BCUT2D eigenvalue weighted by Gasteiger charge is -2.16. The molecule has 0 amide bonds. The summed E-state index contributed by atoms with van der Waals surface area (Å²) in [7, 11) is 0. The monoisotopic (exact) mass is 231 g/mol. The van der Waals surface area contributed by atoms with Crippen LogP contribution >= 0.6 is 0 Å². The smallest absolute Gasteiger partial charge is 0.231 e. The summed E-state index contributed by atoms with van der Waals surface area (Å²) in [4.78, 5) is 4.35. The zero-order valence-corrected chi connectivity index (χ0v) is 10.2. The van der Waals surface area contributed by atoms with Crippen LogP contribution in [0.4, 0.5) is 0 Å². The number of hydrogen-bond donors (Lipinski definition) is 1. The van der Waals surface area contributed by atoms with Crippen LogP contribution < -0.4 is 5.73 Å². The van der Waals surface area contributed by atoms with E-state index < -0.39 is 5.54 Å². The zero-order chi connectivity index (χ0) is 12.3. The Morgan fingerprint density at radius 2 is 2.00 bits per heavy atom.